The number of carboxylic acid groups (broad SMARTS) is 1. The van der Waals surface area contributed by atoms with E-state index >= 15 is 0 Å². The topological polar surface area (TPSA) is 106 Å². The maximum atomic E-state index is 11.1. The summed E-state index contributed by atoms with van der Waals surface area (Å²) in [6.07, 6.45) is 0. The molecule has 0 saturated carbocycles. The summed E-state index contributed by atoms with van der Waals surface area (Å²) in [6, 6.07) is 6.37. The molecular formula is C14H14N2O5. The molecule has 0 unspecified atom stereocenters. The van der Waals surface area contributed by atoms with Crippen LogP contribution in [0.25, 0.3) is 0 Å². The number of para-hydroxylation sites is 1. The number of anilines is 1. The average Bonchev–Trinajstić information content (AvgIpc) is 2.77. The molecule has 7 nitrogen and oxygen atoms in total. The van der Waals surface area contributed by atoms with Crippen molar-refractivity contribution < 1.29 is 19.2 Å². The molecular weight excluding hydrogens is 276 g/mol. The van der Waals surface area contributed by atoms with E-state index in [1.165, 1.54) is 6.07 Å². The van der Waals surface area contributed by atoms with Crippen molar-refractivity contribution in [3.05, 3.63) is 57.0 Å². The van der Waals surface area contributed by atoms with Crippen molar-refractivity contribution in [2.45, 2.75) is 20.4 Å². The number of nitrogens with zero attached hydrogens (tertiary/aromatic N) is 1. The van der Waals surface area contributed by atoms with Crippen LogP contribution >= 0.6 is 0 Å². The van der Waals surface area contributed by atoms with Crippen molar-refractivity contribution in [3.63, 3.8) is 0 Å². The van der Waals surface area contributed by atoms with Crippen LogP contribution in [0.1, 0.15) is 27.4 Å². The third kappa shape index (κ3) is 3.02. The van der Waals surface area contributed by atoms with Gasteiger partial charge in [0, 0.05) is 5.56 Å². The van der Waals surface area contributed by atoms with E-state index in [0.29, 0.717) is 22.8 Å². The molecule has 0 saturated heterocycles. The third-order valence-corrected chi connectivity index (χ3v) is 3.07. The Morgan fingerprint density at radius 2 is 2.14 bits per heavy atom. The zero-order valence-electron chi connectivity index (χ0n) is 11.5. The molecule has 2 N–H and O–H groups in total. The summed E-state index contributed by atoms with van der Waals surface area (Å²) in [5.41, 5.74) is 1.00. The van der Waals surface area contributed by atoms with Gasteiger partial charge in [-0.1, -0.05) is 12.1 Å². The van der Waals surface area contributed by atoms with E-state index in [1.54, 1.807) is 32.0 Å². The van der Waals surface area contributed by atoms with Gasteiger partial charge in [0.05, 0.1) is 11.5 Å². The molecule has 1 aromatic heterocycles. The lowest BCUT2D eigenvalue weighted by molar-refractivity contribution is -0.384. The van der Waals surface area contributed by atoms with Gasteiger partial charge in [-0.05, 0) is 26.0 Å². The lowest BCUT2D eigenvalue weighted by Gasteiger charge is -2.07. The zero-order chi connectivity index (χ0) is 15.6. The minimum atomic E-state index is -1.07. The molecule has 1 aromatic carbocycles. The Kier molecular flexibility index (Phi) is 3.93. The molecule has 110 valence electrons. The summed E-state index contributed by atoms with van der Waals surface area (Å²) < 4.78 is 5.32. The number of hydrogen-bond acceptors (Lipinski definition) is 5. The normalized spacial score (nSPS) is 10.4. The highest BCUT2D eigenvalue weighted by Crippen LogP contribution is 2.28. The first-order chi connectivity index (χ1) is 9.90. The molecule has 0 amide bonds. The van der Waals surface area contributed by atoms with Crippen LogP contribution < -0.4 is 5.32 Å². The first kappa shape index (κ1) is 14.6. The van der Waals surface area contributed by atoms with Crippen LogP contribution in [0.3, 0.4) is 0 Å². The predicted molar refractivity (Wildman–Crippen MR) is 75.6 cm³/mol. The number of carbonyl (C=O) groups is 1. The van der Waals surface area contributed by atoms with E-state index in [0.717, 1.165) is 0 Å². The van der Waals surface area contributed by atoms with Gasteiger partial charge in [0.15, 0.2) is 0 Å². The Morgan fingerprint density at radius 3 is 2.71 bits per heavy atom. The lowest BCUT2D eigenvalue weighted by atomic mass is 10.1. The first-order valence-corrected chi connectivity index (χ1v) is 6.20. The minimum Gasteiger partial charge on any atom is -0.478 e. The molecule has 21 heavy (non-hydrogen) atoms. The van der Waals surface area contributed by atoms with Crippen LogP contribution in [-0.2, 0) is 6.54 Å². The van der Waals surface area contributed by atoms with Crippen molar-refractivity contribution in [1.82, 2.24) is 0 Å². The number of benzene rings is 1. The second-order valence-corrected chi connectivity index (χ2v) is 4.57. The van der Waals surface area contributed by atoms with Crippen LogP contribution in [0.15, 0.2) is 28.7 Å². The van der Waals surface area contributed by atoms with Crippen molar-refractivity contribution in [2.75, 3.05) is 5.32 Å². The molecule has 1 heterocycles. The van der Waals surface area contributed by atoms with Crippen molar-refractivity contribution >= 4 is 17.3 Å². The molecule has 0 aliphatic heterocycles. The highest BCUT2D eigenvalue weighted by Gasteiger charge is 2.18. The molecule has 0 radical (unpaired) electrons. The van der Waals surface area contributed by atoms with Gasteiger partial charge in [-0.3, -0.25) is 10.1 Å². The molecule has 0 fully saturated rings. The number of hydrogen-bond donors (Lipinski definition) is 2. The number of furan rings is 1. The van der Waals surface area contributed by atoms with Gasteiger partial charge in [0.1, 0.15) is 22.8 Å². The van der Waals surface area contributed by atoms with E-state index in [4.69, 9.17) is 9.52 Å². The van der Waals surface area contributed by atoms with Gasteiger partial charge in [-0.25, -0.2) is 4.79 Å². The summed E-state index contributed by atoms with van der Waals surface area (Å²) >= 11 is 0. The SMILES string of the molecule is Cc1cccc(NCc2cc(C(=O)O)c(C)o2)c1[N+](=O)[O-]. The predicted octanol–water partition coefficient (Wildman–Crippen LogP) is 3.11. The smallest absolute Gasteiger partial charge is 0.339 e. The largest absolute Gasteiger partial charge is 0.478 e. The second kappa shape index (κ2) is 5.66. The van der Waals surface area contributed by atoms with Gasteiger partial charge >= 0.3 is 5.97 Å². The number of nitro groups is 1. The Labute approximate surface area is 120 Å². The maximum Gasteiger partial charge on any atom is 0.339 e. The van der Waals surface area contributed by atoms with Gasteiger partial charge < -0.3 is 14.8 Å². The number of nitro benzene ring substituents is 1. The Hall–Kier alpha value is -2.83. The van der Waals surface area contributed by atoms with Crippen molar-refractivity contribution in [2.24, 2.45) is 0 Å². The number of nitrogens with one attached hydrogen (secondary N) is 1. The molecule has 0 bridgehead atoms. The maximum absolute atomic E-state index is 11.1. The highest BCUT2D eigenvalue weighted by atomic mass is 16.6. The highest BCUT2D eigenvalue weighted by molar-refractivity contribution is 5.88. The van der Waals surface area contributed by atoms with E-state index in [9.17, 15) is 14.9 Å². The number of aromatic carboxylic acids is 1. The van der Waals surface area contributed by atoms with Crippen LogP contribution in [0.5, 0.6) is 0 Å². The van der Waals surface area contributed by atoms with Gasteiger partial charge in [0.2, 0.25) is 0 Å². The van der Waals surface area contributed by atoms with Crippen LogP contribution in [-0.4, -0.2) is 16.0 Å². The average molecular weight is 290 g/mol. The summed E-state index contributed by atoms with van der Waals surface area (Å²) in [4.78, 5) is 21.5. The molecule has 0 aliphatic rings. The van der Waals surface area contributed by atoms with Gasteiger partial charge in [-0.2, -0.15) is 0 Å². The molecule has 0 atom stereocenters. The van der Waals surface area contributed by atoms with Gasteiger partial charge in [0.25, 0.3) is 5.69 Å². The quantitative estimate of drug-likeness (QED) is 0.647. The van der Waals surface area contributed by atoms with E-state index in [1.807, 2.05) is 0 Å². The minimum absolute atomic E-state index is 0.000707. The van der Waals surface area contributed by atoms with E-state index in [2.05, 4.69) is 5.32 Å². The molecule has 0 aliphatic carbocycles. The molecule has 2 aromatic rings. The second-order valence-electron chi connectivity index (χ2n) is 4.57. The molecule has 7 heteroatoms. The monoisotopic (exact) mass is 290 g/mol. The summed E-state index contributed by atoms with van der Waals surface area (Å²) in [7, 11) is 0. The van der Waals surface area contributed by atoms with Crippen LogP contribution in [0.4, 0.5) is 11.4 Å². The zero-order valence-corrected chi connectivity index (χ0v) is 11.5. The fourth-order valence-corrected chi connectivity index (χ4v) is 2.07. The fraction of sp³-hybridized carbons (Fsp3) is 0.214. The third-order valence-electron chi connectivity index (χ3n) is 3.07. The Balaban J connectivity index is 2.21. The summed E-state index contributed by atoms with van der Waals surface area (Å²) in [5, 5.41) is 22.9. The molecule has 2 rings (SSSR count). The first-order valence-electron chi connectivity index (χ1n) is 6.20. The van der Waals surface area contributed by atoms with Crippen molar-refractivity contribution in [1.29, 1.82) is 0 Å². The Bertz CT molecular complexity index is 705. The van der Waals surface area contributed by atoms with Crippen LogP contribution in [0.2, 0.25) is 0 Å². The van der Waals surface area contributed by atoms with Crippen LogP contribution in [0, 0.1) is 24.0 Å². The number of rotatable bonds is 5. The summed E-state index contributed by atoms with van der Waals surface area (Å²) in [5.74, 6) is -0.359. The standard InChI is InChI=1S/C14H14N2O5/c1-8-4-3-5-12(13(8)16(19)20)15-7-10-6-11(14(17)18)9(2)21-10/h3-6,15H,7H2,1-2H3,(H,17,18). The van der Waals surface area contributed by atoms with E-state index in [-0.39, 0.29) is 17.8 Å². The van der Waals surface area contributed by atoms with E-state index < -0.39 is 10.9 Å². The number of carboxylic acids is 1. The Morgan fingerprint density at radius 1 is 1.43 bits per heavy atom. The van der Waals surface area contributed by atoms with Gasteiger partial charge in [-0.15, -0.1) is 0 Å². The lowest BCUT2D eigenvalue weighted by Crippen LogP contribution is -2.03. The van der Waals surface area contributed by atoms with Crippen molar-refractivity contribution in [3.8, 4) is 0 Å². The fourth-order valence-electron chi connectivity index (χ4n) is 2.07. The number of aryl methyl sites for hydroxylation is 2. The summed E-state index contributed by atoms with van der Waals surface area (Å²) in [6.45, 7) is 3.38. The molecule has 0 spiro atoms.